The molecule has 0 aromatic carbocycles. The minimum absolute atomic E-state index is 0.0918. The van der Waals surface area contributed by atoms with E-state index in [2.05, 4.69) is 4.98 Å². The van der Waals surface area contributed by atoms with Gasteiger partial charge >= 0.3 is 0 Å². The van der Waals surface area contributed by atoms with Gasteiger partial charge in [-0.1, -0.05) is 0 Å². The maximum atomic E-state index is 12.8. The van der Waals surface area contributed by atoms with Gasteiger partial charge in [-0.2, -0.15) is 4.39 Å². The van der Waals surface area contributed by atoms with Gasteiger partial charge < -0.3 is 10.0 Å². The quantitative estimate of drug-likeness (QED) is 0.751. The van der Waals surface area contributed by atoms with E-state index in [0.29, 0.717) is 18.7 Å². The fourth-order valence-electron chi connectivity index (χ4n) is 1.88. The summed E-state index contributed by atoms with van der Waals surface area (Å²) in [5, 5.41) is 8.97. The Morgan fingerprint density at radius 3 is 3.12 bits per heavy atom. The normalized spacial score (nSPS) is 20.1. The zero-order valence-corrected chi connectivity index (χ0v) is 8.77. The monoisotopic (exact) mass is 224 g/mol. The summed E-state index contributed by atoms with van der Waals surface area (Å²) >= 11 is 0. The number of hydrogen-bond acceptors (Lipinski definition) is 3. The SMILES string of the molecule is O=C(c1ccnc(F)c1)N1CCC(CO)C1. The predicted octanol–water partition coefficient (Wildman–Crippen LogP) is 0.675. The molecule has 86 valence electrons. The number of halogens is 1. The van der Waals surface area contributed by atoms with Crippen LogP contribution in [0.15, 0.2) is 18.3 Å². The van der Waals surface area contributed by atoms with Crippen molar-refractivity contribution in [3.05, 3.63) is 29.8 Å². The van der Waals surface area contributed by atoms with E-state index in [0.717, 1.165) is 12.5 Å². The maximum absolute atomic E-state index is 12.8. The average Bonchev–Trinajstić information content (AvgIpc) is 2.76. The van der Waals surface area contributed by atoms with Crippen LogP contribution in [-0.4, -0.2) is 40.6 Å². The van der Waals surface area contributed by atoms with Gasteiger partial charge in [0.25, 0.3) is 5.91 Å². The van der Waals surface area contributed by atoms with E-state index in [9.17, 15) is 9.18 Å². The third-order valence-electron chi connectivity index (χ3n) is 2.80. The summed E-state index contributed by atoms with van der Waals surface area (Å²) in [6.07, 6.45) is 2.08. The first-order chi connectivity index (χ1) is 7.70. The second-order valence-electron chi connectivity index (χ2n) is 3.96. The topological polar surface area (TPSA) is 53.4 Å². The number of nitrogens with zero attached hydrogens (tertiary/aromatic N) is 2. The van der Waals surface area contributed by atoms with Crippen molar-refractivity contribution in [3.63, 3.8) is 0 Å². The predicted molar refractivity (Wildman–Crippen MR) is 55.3 cm³/mol. The van der Waals surface area contributed by atoms with Crippen LogP contribution in [0.3, 0.4) is 0 Å². The molecule has 0 saturated carbocycles. The Hall–Kier alpha value is -1.49. The van der Waals surface area contributed by atoms with Crippen LogP contribution < -0.4 is 0 Å². The first kappa shape index (κ1) is 11.0. The highest BCUT2D eigenvalue weighted by molar-refractivity contribution is 5.94. The molecule has 1 amide bonds. The molecule has 2 heterocycles. The van der Waals surface area contributed by atoms with Crippen molar-refractivity contribution in [2.24, 2.45) is 5.92 Å². The molecule has 1 atom stereocenters. The number of likely N-dealkylation sites (tertiary alicyclic amines) is 1. The molecule has 1 N–H and O–H groups in total. The lowest BCUT2D eigenvalue weighted by molar-refractivity contribution is 0.0781. The Balaban J connectivity index is 2.08. The highest BCUT2D eigenvalue weighted by Crippen LogP contribution is 2.18. The zero-order chi connectivity index (χ0) is 11.5. The lowest BCUT2D eigenvalue weighted by Gasteiger charge is -2.15. The molecule has 0 spiro atoms. The summed E-state index contributed by atoms with van der Waals surface area (Å²) in [7, 11) is 0. The number of aliphatic hydroxyl groups is 1. The van der Waals surface area contributed by atoms with Crippen LogP contribution in [0.2, 0.25) is 0 Å². The van der Waals surface area contributed by atoms with Gasteiger partial charge in [-0.25, -0.2) is 4.98 Å². The molecule has 1 aromatic rings. The number of pyridine rings is 1. The largest absolute Gasteiger partial charge is 0.396 e. The van der Waals surface area contributed by atoms with Gasteiger partial charge in [0.1, 0.15) is 0 Å². The molecule has 1 fully saturated rings. The summed E-state index contributed by atoms with van der Waals surface area (Å²) in [6, 6.07) is 2.63. The van der Waals surface area contributed by atoms with Crippen LogP contribution in [0.25, 0.3) is 0 Å². The number of rotatable bonds is 2. The van der Waals surface area contributed by atoms with Crippen LogP contribution in [-0.2, 0) is 0 Å². The van der Waals surface area contributed by atoms with Crippen molar-refractivity contribution < 1.29 is 14.3 Å². The molecular weight excluding hydrogens is 211 g/mol. The first-order valence-corrected chi connectivity index (χ1v) is 5.22. The van der Waals surface area contributed by atoms with E-state index < -0.39 is 5.95 Å². The molecule has 1 aromatic heterocycles. The molecule has 1 aliphatic rings. The summed E-state index contributed by atoms with van der Waals surface area (Å²) in [6.45, 7) is 1.25. The zero-order valence-electron chi connectivity index (χ0n) is 8.77. The number of carbonyl (C=O) groups is 1. The van der Waals surface area contributed by atoms with Gasteiger partial charge in [-0.3, -0.25) is 4.79 Å². The van der Waals surface area contributed by atoms with Gasteiger partial charge in [0.05, 0.1) is 0 Å². The smallest absolute Gasteiger partial charge is 0.254 e. The van der Waals surface area contributed by atoms with E-state index in [1.165, 1.54) is 12.3 Å². The molecule has 1 saturated heterocycles. The maximum Gasteiger partial charge on any atom is 0.254 e. The van der Waals surface area contributed by atoms with Crippen LogP contribution >= 0.6 is 0 Å². The highest BCUT2D eigenvalue weighted by Gasteiger charge is 2.26. The van der Waals surface area contributed by atoms with E-state index in [1.807, 2.05) is 0 Å². The standard InChI is InChI=1S/C11H13FN2O2/c12-10-5-9(1-3-13-10)11(16)14-4-2-8(6-14)7-15/h1,3,5,8,15H,2,4,6-7H2. The van der Waals surface area contributed by atoms with Crippen LogP contribution in [0.4, 0.5) is 4.39 Å². The summed E-state index contributed by atoms with van der Waals surface area (Å²) in [5.41, 5.74) is 0.311. The lowest BCUT2D eigenvalue weighted by atomic mass is 10.1. The van der Waals surface area contributed by atoms with E-state index in [-0.39, 0.29) is 18.4 Å². The molecule has 4 nitrogen and oxygen atoms in total. The molecule has 1 unspecified atom stereocenters. The van der Waals surface area contributed by atoms with Crippen LogP contribution in [0, 0.1) is 11.9 Å². The molecule has 2 rings (SSSR count). The van der Waals surface area contributed by atoms with Crippen molar-refractivity contribution in [3.8, 4) is 0 Å². The molecule has 5 heteroatoms. The fourth-order valence-corrected chi connectivity index (χ4v) is 1.88. The van der Waals surface area contributed by atoms with Gasteiger partial charge in [0.15, 0.2) is 0 Å². The fraction of sp³-hybridized carbons (Fsp3) is 0.455. The second-order valence-corrected chi connectivity index (χ2v) is 3.96. The van der Waals surface area contributed by atoms with Crippen molar-refractivity contribution in [1.82, 2.24) is 9.88 Å². The molecule has 1 aliphatic heterocycles. The Labute approximate surface area is 92.7 Å². The summed E-state index contributed by atoms with van der Waals surface area (Å²) < 4.78 is 12.8. The molecular formula is C11H13FN2O2. The second kappa shape index (κ2) is 4.57. The average molecular weight is 224 g/mol. The van der Waals surface area contributed by atoms with E-state index >= 15 is 0 Å². The Bertz CT molecular complexity index is 397. The van der Waals surface area contributed by atoms with E-state index in [1.54, 1.807) is 4.90 Å². The van der Waals surface area contributed by atoms with Gasteiger partial charge in [-0.05, 0) is 12.5 Å². The van der Waals surface area contributed by atoms with Crippen molar-refractivity contribution in [2.75, 3.05) is 19.7 Å². The Kier molecular flexibility index (Phi) is 3.14. The van der Waals surface area contributed by atoms with Gasteiger partial charge in [-0.15, -0.1) is 0 Å². The number of amides is 1. The van der Waals surface area contributed by atoms with Crippen LogP contribution in [0.5, 0.6) is 0 Å². The van der Waals surface area contributed by atoms with Crippen LogP contribution in [0.1, 0.15) is 16.8 Å². The lowest BCUT2D eigenvalue weighted by Crippen LogP contribution is -2.29. The molecule has 16 heavy (non-hydrogen) atoms. The van der Waals surface area contributed by atoms with Crippen molar-refractivity contribution in [2.45, 2.75) is 6.42 Å². The molecule has 0 radical (unpaired) electrons. The summed E-state index contributed by atoms with van der Waals surface area (Å²) in [4.78, 5) is 16.9. The Morgan fingerprint density at radius 1 is 1.69 bits per heavy atom. The number of carbonyl (C=O) groups excluding carboxylic acids is 1. The third kappa shape index (κ3) is 2.19. The molecule has 0 bridgehead atoms. The minimum atomic E-state index is -0.649. The minimum Gasteiger partial charge on any atom is -0.396 e. The highest BCUT2D eigenvalue weighted by atomic mass is 19.1. The number of aliphatic hydroxyl groups excluding tert-OH is 1. The number of aromatic nitrogens is 1. The molecule has 0 aliphatic carbocycles. The first-order valence-electron chi connectivity index (χ1n) is 5.22. The third-order valence-corrected chi connectivity index (χ3v) is 2.80. The van der Waals surface area contributed by atoms with E-state index in [4.69, 9.17) is 5.11 Å². The Morgan fingerprint density at radius 2 is 2.50 bits per heavy atom. The van der Waals surface area contributed by atoms with Gasteiger partial charge in [0.2, 0.25) is 5.95 Å². The van der Waals surface area contributed by atoms with Crippen molar-refractivity contribution >= 4 is 5.91 Å². The van der Waals surface area contributed by atoms with Gasteiger partial charge in [0, 0.05) is 43.4 Å². The summed E-state index contributed by atoms with van der Waals surface area (Å²) in [5.74, 6) is -0.698. The van der Waals surface area contributed by atoms with Crippen molar-refractivity contribution in [1.29, 1.82) is 0 Å². The number of hydrogen-bond donors (Lipinski definition) is 1.